The highest BCUT2D eigenvalue weighted by molar-refractivity contribution is 5.39. The zero-order valence-electron chi connectivity index (χ0n) is 12.0. The number of anilines is 1. The van der Waals surface area contributed by atoms with Gasteiger partial charge in [-0.15, -0.1) is 0 Å². The Morgan fingerprint density at radius 2 is 2.16 bits per heavy atom. The largest absolute Gasteiger partial charge is 0.352 e. The van der Waals surface area contributed by atoms with Crippen molar-refractivity contribution < 1.29 is 0 Å². The maximum atomic E-state index is 4.51. The van der Waals surface area contributed by atoms with E-state index in [0.717, 1.165) is 18.2 Å². The summed E-state index contributed by atoms with van der Waals surface area (Å²) in [7, 11) is 5.98. The van der Waals surface area contributed by atoms with Crippen molar-refractivity contribution in [3.8, 4) is 0 Å². The smallest absolute Gasteiger partial charge is 0.128 e. The van der Waals surface area contributed by atoms with E-state index < -0.39 is 0 Å². The molecule has 0 fully saturated rings. The Morgan fingerprint density at radius 1 is 1.37 bits per heavy atom. The van der Waals surface area contributed by atoms with E-state index in [1.54, 1.807) is 0 Å². The van der Waals surface area contributed by atoms with Crippen molar-refractivity contribution >= 4 is 5.82 Å². The second-order valence-electron chi connectivity index (χ2n) is 4.77. The molecule has 2 aromatic rings. The molecule has 0 radical (unpaired) electrons. The van der Waals surface area contributed by atoms with Gasteiger partial charge < -0.3 is 14.8 Å². The van der Waals surface area contributed by atoms with Gasteiger partial charge in [-0.05, 0) is 25.6 Å². The molecule has 1 N–H and O–H groups in total. The summed E-state index contributed by atoms with van der Waals surface area (Å²) in [6.07, 6.45) is 5.69. The van der Waals surface area contributed by atoms with Crippen molar-refractivity contribution in [3.63, 3.8) is 0 Å². The van der Waals surface area contributed by atoms with Crippen molar-refractivity contribution in [1.29, 1.82) is 0 Å². The van der Waals surface area contributed by atoms with Crippen LogP contribution in [0.5, 0.6) is 0 Å². The average molecular weight is 259 g/mol. The zero-order valence-corrected chi connectivity index (χ0v) is 12.0. The van der Waals surface area contributed by atoms with Crippen LogP contribution in [0.4, 0.5) is 5.82 Å². The minimum absolute atomic E-state index is 0.321. The lowest BCUT2D eigenvalue weighted by Crippen LogP contribution is -2.20. The molecule has 1 atom stereocenters. The normalized spacial score (nSPS) is 12.4. The SMILES string of the molecule is CNC(C)c1ccc(N(C)Cc2nccn2C)nc1. The number of imidazole rings is 1. The Balaban J connectivity index is 2.07. The molecule has 0 aliphatic carbocycles. The number of aryl methyl sites for hydroxylation is 1. The second-order valence-corrected chi connectivity index (χ2v) is 4.77. The number of nitrogens with one attached hydrogen (secondary N) is 1. The van der Waals surface area contributed by atoms with Crippen molar-refractivity contribution in [3.05, 3.63) is 42.1 Å². The molecule has 2 aromatic heterocycles. The molecule has 0 saturated carbocycles. The van der Waals surface area contributed by atoms with Crippen LogP contribution in [0, 0.1) is 0 Å². The van der Waals surface area contributed by atoms with E-state index in [4.69, 9.17) is 0 Å². The first-order valence-electron chi connectivity index (χ1n) is 6.42. The molecule has 5 heteroatoms. The first kappa shape index (κ1) is 13.5. The Morgan fingerprint density at radius 3 is 2.68 bits per heavy atom. The highest BCUT2D eigenvalue weighted by Crippen LogP contribution is 2.16. The number of aromatic nitrogens is 3. The molecular formula is C14H21N5. The van der Waals surface area contributed by atoms with Gasteiger partial charge in [0, 0.05) is 38.7 Å². The lowest BCUT2D eigenvalue weighted by Gasteiger charge is -2.19. The molecule has 1 unspecified atom stereocenters. The fraction of sp³-hybridized carbons (Fsp3) is 0.429. The van der Waals surface area contributed by atoms with Crippen molar-refractivity contribution in [2.24, 2.45) is 7.05 Å². The van der Waals surface area contributed by atoms with E-state index in [1.807, 2.05) is 50.4 Å². The van der Waals surface area contributed by atoms with Crippen LogP contribution in [-0.4, -0.2) is 28.6 Å². The monoisotopic (exact) mass is 259 g/mol. The molecule has 2 heterocycles. The molecule has 0 amide bonds. The van der Waals surface area contributed by atoms with Crippen molar-refractivity contribution in [1.82, 2.24) is 19.9 Å². The summed E-state index contributed by atoms with van der Waals surface area (Å²) in [6.45, 7) is 2.87. The van der Waals surface area contributed by atoms with Gasteiger partial charge >= 0.3 is 0 Å². The van der Waals surface area contributed by atoms with E-state index in [1.165, 1.54) is 5.56 Å². The lowest BCUT2D eigenvalue weighted by molar-refractivity contribution is 0.649. The number of pyridine rings is 1. The lowest BCUT2D eigenvalue weighted by atomic mass is 10.1. The van der Waals surface area contributed by atoms with Crippen molar-refractivity contribution in [2.45, 2.75) is 19.5 Å². The quantitative estimate of drug-likeness (QED) is 0.888. The maximum Gasteiger partial charge on any atom is 0.128 e. The minimum Gasteiger partial charge on any atom is -0.352 e. The van der Waals surface area contributed by atoms with Crippen molar-refractivity contribution in [2.75, 3.05) is 19.0 Å². The molecule has 0 aliphatic rings. The number of nitrogens with zero attached hydrogens (tertiary/aromatic N) is 4. The summed E-state index contributed by atoms with van der Waals surface area (Å²) in [5, 5.41) is 3.21. The van der Waals surface area contributed by atoms with E-state index >= 15 is 0 Å². The Labute approximate surface area is 114 Å². The summed E-state index contributed by atoms with van der Waals surface area (Å²) in [5.41, 5.74) is 1.19. The number of hydrogen-bond acceptors (Lipinski definition) is 4. The maximum absolute atomic E-state index is 4.51. The van der Waals surface area contributed by atoms with E-state index in [9.17, 15) is 0 Å². The fourth-order valence-electron chi connectivity index (χ4n) is 1.89. The van der Waals surface area contributed by atoms with E-state index in [-0.39, 0.29) is 0 Å². The summed E-state index contributed by atoms with van der Waals surface area (Å²) in [4.78, 5) is 10.9. The standard InChI is InChI=1S/C14H21N5/c1-11(15-2)12-5-6-13(17-9-12)19(4)10-14-16-7-8-18(14)3/h5-9,11,15H,10H2,1-4H3. The Bertz CT molecular complexity index is 517. The Hall–Kier alpha value is -1.88. The predicted molar refractivity (Wildman–Crippen MR) is 77.0 cm³/mol. The molecule has 0 saturated heterocycles. The summed E-state index contributed by atoms with van der Waals surface area (Å²) < 4.78 is 2.02. The minimum atomic E-state index is 0.321. The first-order chi connectivity index (χ1) is 9.11. The molecule has 0 bridgehead atoms. The third-order valence-electron chi connectivity index (χ3n) is 3.39. The molecule has 19 heavy (non-hydrogen) atoms. The molecule has 2 rings (SSSR count). The van der Waals surface area contributed by atoms with Crippen LogP contribution >= 0.6 is 0 Å². The first-order valence-corrected chi connectivity index (χ1v) is 6.42. The van der Waals surface area contributed by atoms with Gasteiger partial charge in [0.1, 0.15) is 11.6 Å². The zero-order chi connectivity index (χ0) is 13.8. The van der Waals surface area contributed by atoms with Gasteiger partial charge in [-0.2, -0.15) is 0 Å². The van der Waals surface area contributed by atoms with Crippen LogP contribution in [0.3, 0.4) is 0 Å². The van der Waals surface area contributed by atoms with Gasteiger partial charge in [0.2, 0.25) is 0 Å². The highest BCUT2D eigenvalue weighted by atomic mass is 15.2. The van der Waals surface area contributed by atoms with Crippen LogP contribution in [0.15, 0.2) is 30.7 Å². The van der Waals surface area contributed by atoms with Crippen LogP contribution in [-0.2, 0) is 13.6 Å². The molecular weight excluding hydrogens is 238 g/mol. The molecule has 102 valence electrons. The average Bonchev–Trinajstić information content (AvgIpc) is 2.83. The predicted octanol–water partition coefficient (Wildman–Crippen LogP) is 1.73. The second kappa shape index (κ2) is 5.84. The Kier molecular flexibility index (Phi) is 4.16. The topological polar surface area (TPSA) is 46.0 Å². The third-order valence-corrected chi connectivity index (χ3v) is 3.39. The van der Waals surface area contributed by atoms with Gasteiger partial charge in [-0.1, -0.05) is 6.07 Å². The molecule has 0 spiro atoms. The third kappa shape index (κ3) is 3.12. The van der Waals surface area contributed by atoms with Gasteiger partial charge in [0.15, 0.2) is 0 Å². The molecule has 0 aliphatic heterocycles. The van der Waals surface area contributed by atoms with Gasteiger partial charge in [0.25, 0.3) is 0 Å². The van der Waals surface area contributed by atoms with Crippen LogP contribution in [0.2, 0.25) is 0 Å². The van der Waals surface area contributed by atoms with Crippen LogP contribution in [0.25, 0.3) is 0 Å². The van der Waals surface area contributed by atoms with Crippen LogP contribution in [0.1, 0.15) is 24.4 Å². The molecule has 0 aromatic carbocycles. The van der Waals surface area contributed by atoms with E-state index in [0.29, 0.717) is 6.04 Å². The van der Waals surface area contributed by atoms with Gasteiger partial charge in [-0.25, -0.2) is 9.97 Å². The van der Waals surface area contributed by atoms with Gasteiger partial charge in [0.05, 0.1) is 6.54 Å². The van der Waals surface area contributed by atoms with E-state index in [2.05, 4.69) is 33.2 Å². The van der Waals surface area contributed by atoms with Crippen LogP contribution < -0.4 is 10.2 Å². The fourth-order valence-corrected chi connectivity index (χ4v) is 1.89. The summed E-state index contributed by atoms with van der Waals surface area (Å²) >= 11 is 0. The molecule has 5 nitrogen and oxygen atoms in total. The van der Waals surface area contributed by atoms with Gasteiger partial charge in [-0.3, -0.25) is 0 Å². The highest BCUT2D eigenvalue weighted by Gasteiger charge is 2.08. The summed E-state index contributed by atoms with van der Waals surface area (Å²) in [6, 6.07) is 4.48. The number of rotatable bonds is 5. The summed E-state index contributed by atoms with van der Waals surface area (Å²) in [5.74, 6) is 1.98. The number of hydrogen-bond donors (Lipinski definition) is 1.